The molecule has 5 nitrogen and oxygen atoms in total. The van der Waals surface area contributed by atoms with Gasteiger partial charge in [0.15, 0.2) is 20.4 Å². The second-order valence-electron chi connectivity index (χ2n) is 7.92. The first-order valence-electron chi connectivity index (χ1n) is 7.65. The van der Waals surface area contributed by atoms with Crippen molar-refractivity contribution in [3.8, 4) is 0 Å². The topological polar surface area (TPSA) is 46.2 Å². The Morgan fingerprint density at radius 3 is 2.29 bits per heavy atom. The molecule has 0 amide bonds. The van der Waals surface area contributed by atoms with Gasteiger partial charge in [0.2, 0.25) is 0 Å². The van der Waals surface area contributed by atoms with E-state index in [1.807, 2.05) is 13.8 Å². The first-order valence-corrected chi connectivity index (χ1v) is 10.6. The van der Waals surface area contributed by atoms with Crippen molar-refractivity contribution in [3.05, 3.63) is 0 Å². The molecule has 2 fully saturated rings. The van der Waals surface area contributed by atoms with E-state index in [2.05, 4.69) is 33.9 Å². The van der Waals surface area contributed by atoms with Crippen LogP contribution in [0, 0.1) is 0 Å². The highest BCUT2D eigenvalue weighted by molar-refractivity contribution is 6.74. The highest BCUT2D eigenvalue weighted by Gasteiger charge is 2.54. The third kappa shape index (κ3) is 3.51. The summed E-state index contributed by atoms with van der Waals surface area (Å²) >= 11 is 0. The van der Waals surface area contributed by atoms with Crippen molar-refractivity contribution in [2.75, 3.05) is 13.7 Å². The lowest BCUT2D eigenvalue weighted by Gasteiger charge is -2.44. The smallest absolute Gasteiger partial charge is 0.192 e. The van der Waals surface area contributed by atoms with Crippen LogP contribution < -0.4 is 0 Å². The highest BCUT2D eigenvalue weighted by Crippen LogP contribution is 2.42. The van der Waals surface area contributed by atoms with Gasteiger partial charge < -0.3 is 23.4 Å². The van der Waals surface area contributed by atoms with Crippen LogP contribution in [0.3, 0.4) is 0 Å². The van der Waals surface area contributed by atoms with Crippen LogP contribution in [0.5, 0.6) is 0 Å². The Bertz CT molecular complexity index is 377. The molecule has 6 heteroatoms. The molecule has 2 heterocycles. The molecule has 2 aliphatic rings. The molecule has 4 atom stereocenters. The second kappa shape index (κ2) is 5.58. The maximum atomic E-state index is 6.54. The number of methoxy groups -OCH3 is 1. The van der Waals surface area contributed by atoms with Crippen LogP contribution in [0.25, 0.3) is 0 Å². The Morgan fingerprint density at radius 1 is 1.14 bits per heavy atom. The van der Waals surface area contributed by atoms with Crippen molar-refractivity contribution in [2.24, 2.45) is 0 Å². The molecule has 0 aliphatic carbocycles. The number of fused-ring (bicyclic) bond motifs is 1. The average molecular weight is 318 g/mol. The molecule has 2 rings (SSSR count). The van der Waals surface area contributed by atoms with Gasteiger partial charge in [-0.15, -0.1) is 0 Å². The van der Waals surface area contributed by atoms with E-state index in [9.17, 15) is 0 Å². The zero-order valence-electron chi connectivity index (χ0n) is 14.6. The molecule has 0 aromatic carbocycles. The van der Waals surface area contributed by atoms with Gasteiger partial charge in [-0.1, -0.05) is 20.8 Å². The Labute approximate surface area is 129 Å². The van der Waals surface area contributed by atoms with Gasteiger partial charge >= 0.3 is 0 Å². The quantitative estimate of drug-likeness (QED) is 0.749. The predicted octanol–water partition coefficient (Wildman–Crippen LogP) is 2.90. The zero-order chi connectivity index (χ0) is 16.1. The fourth-order valence-corrected chi connectivity index (χ4v) is 3.83. The Morgan fingerprint density at radius 2 is 1.76 bits per heavy atom. The van der Waals surface area contributed by atoms with Crippen molar-refractivity contribution in [3.63, 3.8) is 0 Å². The Balaban J connectivity index is 2.20. The molecular weight excluding hydrogens is 288 g/mol. The predicted molar refractivity (Wildman–Crippen MR) is 82.6 cm³/mol. The first kappa shape index (κ1) is 17.4. The largest absolute Gasteiger partial charge is 0.406 e. The summed E-state index contributed by atoms with van der Waals surface area (Å²) in [4.78, 5) is 0. The molecule has 0 spiro atoms. The standard InChI is InChI=1S/C15H30O5Si/c1-14(2,3)21(7,8)20-12-11-10(9-17-13(12)16-6)18-15(4,5)19-11/h10-13H,9H2,1-8H3/t10-,11-,12-,13-/m0/s1. The van der Waals surface area contributed by atoms with Crippen molar-refractivity contribution < 1.29 is 23.4 Å². The zero-order valence-corrected chi connectivity index (χ0v) is 15.6. The third-order valence-corrected chi connectivity index (χ3v) is 9.18. The van der Waals surface area contributed by atoms with Gasteiger partial charge in [0.25, 0.3) is 0 Å². The molecular formula is C15H30O5Si. The summed E-state index contributed by atoms with van der Waals surface area (Å²) in [5, 5.41) is 0.118. The fraction of sp³-hybridized carbons (Fsp3) is 1.00. The number of rotatable bonds is 3. The van der Waals surface area contributed by atoms with E-state index in [0.717, 1.165) is 0 Å². The van der Waals surface area contributed by atoms with Crippen molar-refractivity contribution in [1.82, 2.24) is 0 Å². The van der Waals surface area contributed by atoms with Gasteiger partial charge in [-0.05, 0) is 32.0 Å². The highest BCUT2D eigenvalue weighted by atomic mass is 28.4. The average Bonchev–Trinajstić information content (AvgIpc) is 2.62. The maximum absolute atomic E-state index is 6.54. The molecule has 0 bridgehead atoms. The first-order chi connectivity index (χ1) is 9.47. The number of ether oxygens (including phenoxy) is 4. The van der Waals surface area contributed by atoms with Crippen molar-refractivity contribution in [2.45, 2.75) is 83.1 Å². The van der Waals surface area contributed by atoms with Crippen LogP contribution in [0.2, 0.25) is 18.1 Å². The van der Waals surface area contributed by atoms with Gasteiger partial charge in [-0.3, -0.25) is 0 Å². The summed E-state index contributed by atoms with van der Waals surface area (Å²) in [6.07, 6.45) is -0.900. The summed E-state index contributed by atoms with van der Waals surface area (Å²) in [5.41, 5.74) is 0. The van der Waals surface area contributed by atoms with Gasteiger partial charge in [0.1, 0.15) is 18.3 Å². The Kier molecular flexibility index (Phi) is 4.62. The summed E-state index contributed by atoms with van der Waals surface area (Å²) in [5.74, 6) is -0.601. The lowest BCUT2D eigenvalue weighted by atomic mass is 10.1. The summed E-state index contributed by atoms with van der Waals surface area (Å²) in [6, 6.07) is 0. The molecule has 124 valence electrons. The summed E-state index contributed by atoms with van der Waals surface area (Å²) < 4.78 is 29.8. The van der Waals surface area contributed by atoms with Gasteiger partial charge in [0.05, 0.1) is 6.61 Å². The summed E-state index contributed by atoms with van der Waals surface area (Å²) in [7, 11) is -0.305. The van der Waals surface area contributed by atoms with E-state index in [1.54, 1.807) is 7.11 Å². The lowest BCUT2D eigenvalue weighted by Crippen LogP contribution is -2.58. The van der Waals surface area contributed by atoms with E-state index in [4.69, 9.17) is 23.4 Å². The maximum Gasteiger partial charge on any atom is 0.192 e. The lowest BCUT2D eigenvalue weighted by molar-refractivity contribution is -0.237. The molecule has 0 saturated carbocycles. The molecule has 2 aliphatic heterocycles. The van der Waals surface area contributed by atoms with Crippen LogP contribution in [0.4, 0.5) is 0 Å². The van der Waals surface area contributed by atoms with Crippen LogP contribution >= 0.6 is 0 Å². The van der Waals surface area contributed by atoms with E-state index >= 15 is 0 Å². The van der Waals surface area contributed by atoms with Gasteiger partial charge in [0, 0.05) is 7.11 Å². The van der Waals surface area contributed by atoms with E-state index in [1.165, 1.54) is 0 Å². The van der Waals surface area contributed by atoms with Crippen LogP contribution in [0.15, 0.2) is 0 Å². The van der Waals surface area contributed by atoms with Gasteiger partial charge in [-0.25, -0.2) is 0 Å². The molecule has 0 N–H and O–H groups in total. The Hall–Kier alpha value is 0.0169. The minimum atomic E-state index is -1.95. The van der Waals surface area contributed by atoms with E-state index in [0.29, 0.717) is 6.61 Å². The fourth-order valence-electron chi connectivity index (χ4n) is 2.55. The molecule has 0 radical (unpaired) electrons. The van der Waals surface area contributed by atoms with Crippen LogP contribution in [-0.2, 0) is 23.4 Å². The minimum absolute atomic E-state index is 0.0961. The number of hydrogen-bond acceptors (Lipinski definition) is 5. The SMILES string of the molecule is CO[C@H]1OC[C@@H]2OC(C)(C)O[C@@H]2[C@@H]1O[Si](C)(C)C(C)(C)C. The molecule has 0 aromatic heterocycles. The second-order valence-corrected chi connectivity index (χ2v) is 12.7. The van der Waals surface area contributed by atoms with Crippen molar-refractivity contribution >= 4 is 8.32 Å². The van der Waals surface area contributed by atoms with Crippen LogP contribution in [0.1, 0.15) is 34.6 Å². The normalized spacial score (nSPS) is 36.6. The van der Waals surface area contributed by atoms with Crippen molar-refractivity contribution in [1.29, 1.82) is 0 Å². The third-order valence-electron chi connectivity index (χ3n) is 4.71. The minimum Gasteiger partial charge on any atom is -0.406 e. The van der Waals surface area contributed by atoms with Crippen LogP contribution in [-0.4, -0.2) is 52.4 Å². The van der Waals surface area contributed by atoms with Gasteiger partial charge in [-0.2, -0.15) is 0 Å². The molecule has 2 saturated heterocycles. The number of hydrogen-bond donors (Lipinski definition) is 0. The van der Waals surface area contributed by atoms with E-state index < -0.39 is 20.4 Å². The molecule has 0 aromatic rings. The summed E-state index contributed by atoms with van der Waals surface area (Å²) in [6.45, 7) is 15.4. The molecule has 21 heavy (non-hydrogen) atoms. The van der Waals surface area contributed by atoms with E-state index in [-0.39, 0.29) is 23.4 Å². The molecule has 0 unspecified atom stereocenters. The monoisotopic (exact) mass is 318 g/mol.